The van der Waals surface area contributed by atoms with Gasteiger partial charge in [0.05, 0.1) is 11.6 Å². The minimum absolute atomic E-state index is 0.229. The first-order valence-electron chi connectivity index (χ1n) is 5.38. The average Bonchev–Trinajstić information content (AvgIpc) is 2.59. The van der Waals surface area contributed by atoms with Crippen molar-refractivity contribution in [3.05, 3.63) is 17.0 Å². The molecule has 1 aliphatic carbocycles. The van der Waals surface area contributed by atoms with E-state index in [0.717, 1.165) is 29.8 Å². The van der Waals surface area contributed by atoms with Crippen molar-refractivity contribution in [3.8, 4) is 0 Å². The molecule has 1 atom stereocenters. The van der Waals surface area contributed by atoms with Crippen LogP contribution in [0.1, 0.15) is 43.1 Å². The van der Waals surface area contributed by atoms with Gasteiger partial charge in [-0.2, -0.15) is 5.10 Å². The van der Waals surface area contributed by atoms with Gasteiger partial charge in [-0.15, -0.1) is 0 Å². The number of fused-ring (bicyclic) bond motifs is 1. The molecule has 0 unspecified atom stereocenters. The normalized spacial score (nSPS) is 20.3. The number of H-pyrrole nitrogens is 1. The van der Waals surface area contributed by atoms with E-state index in [-0.39, 0.29) is 5.92 Å². The monoisotopic (exact) mass is 208 g/mol. The van der Waals surface area contributed by atoms with Crippen molar-refractivity contribution in [3.63, 3.8) is 0 Å². The lowest BCUT2D eigenvalue weighted by molar-refractivity contribution is -0.142. The van der Waals surface area contributed by atoms with E-state index in [1.54, 1.807) is 0 Å². The minimum Gasteiger partial charge on any atom is -0.481 e. The van der Waals surface area contributed by atoms with Crippen molar-refractivity contribution in [2.75, 3.05) is 0 Å². The standard InChI is InChI=1S/C11H16N2O2/c1-6(2)10-8-5-7(11(14)15)3-4-9(8)12-13-10/h6-7H,3-5H2,1-2H3,(H,12,13)(H,14,15)/t7-/m0/s1. The fourth-order valence-corrected chi connectivity index (χ4v) is 2.21. The first kappa shape index (κ1) is 10.2. The maximum absolute atomic E-state index is 10.9. The number of aliphatic carboxylic acids is 1. The van der Waals surface area contributed by atoms with E-state index in [1.165, 1.54) is 0 Å². The van der Waals surface area contributed by atoms with Crippen LogP contribution in [0.2, 0.25) is 0 Å². The van der Waals surface area contributed by atoms with Crippen LogP contribution >= 0.6 is 0 Å². The molecule has 0 saturated heterocycles. The molecule has 0 aliphatic heterocycles. The third-order valence-corrected chi connectivity index (χ3v) is 3.07. The summed E-state index contributed by atoms with van der Waals surface area (Å²) in [5, 5.41) is 16.3. The summed E-state index contributed by atoms with van der Waals surface area (Å²) in [6.07, 6.45) is 2.17. The molecule has 1 aromatic rings. The highest BCUT2D eigenvalue weighted by molar-refractivity contribution is 5.71. The molecule has 0 saturated carbocycles. The first-order chi connectivity index (χ1) is 7.09. The lowest BCUT2D eigenvalue weighted by atomic mass is 9.85. The number of nitrogens with one attached hydrogen (secondary N) is 1. The van der Waals surface area contributed by atoms with Crippen molar-refractivity contribution in [2.24, 2.45) is 5.92 Å². The van der Waals surface area contributed by atoms with E-state index in [4.69, 9.17) is 5.11 Å². The van der Waals surface area contributed by atoms with Crippen LogP contribution in [0.5, 0.6) is 0 Å². The Morgan fingerprint density at radius 1 is 1.60 bits per heavy atom. The number of carboxylic acid groups (broad SMARTS) is 1. The van der Waals surface area contributed by atoms with Crippen LogP contribution < -0.4 is 0 Å². The van der Waals surface area contributed by atoms with Gasteiger partial charge in [0, 0.05) is 5.69 Å². The van der Waals surface area contributed by atoms with Crippen LogP contribution in [-0.2, 0) is 17.6 Å². The third-order valence-electron chi connectivity index (χ3n) is 3.07. The summed E-state index contributed by atoms with van der Waals surface area (Å²) in [6.45, 7) is 4.17. The number of nitrogens with zero attached hydrogens (tertiary/aromatic N) is 1. The van der Waals surface area contributed by atoms with E-state index < -0.39 is 5.97 Å². The molecule has 1 aliphatic rings. The molecule has 0 fully saturated rings. The van der Waals surface area contributed by atoms with Crippen LogP contribution in [0.25, 0.3) is 0 Å². The predicted molar refractivity (Wildman–Crippen MR) is 55.8 cm³/mol. The number of hydrogen-bond acceptors (Lipinski definition) is 2. The van der Waals surface area contributed by atoms with Crippen LogP contribution in [-0.4, -0.2) is 21.3 Å². The molecule has 0 spiro atoms. The number of rotatable bonds is 2. The molecule has 1 heterocycles. The summed E-state index contributed by atoms with van der Waals surface area (Å²) in [5.74, 6) is -0.554. The maximum atomic E-state index is 10.9. The van der Waals surface area contributed by atoms with Gasteiger partial charge < -0.3 is 5.11 Å². The Morgan fingerprint density at radius 3 is 2.93 bits per heavy atom. The molecule has 15 heavy (non-hydrogen) atoms. The van der Waals surface area contributed by atoms with Crippen LogP contribution in [0.15, 0.2) is 0 Å². The molecule has 0 bridgehead atoms. The van der Waals surface area contributed by atoms with Gasteiger partial charge in [-0.25, -0.2) is 0 Å². The number of aromatic nitrogens is 2. The van der Waals surface area contributed by atoms with Crippen molar-refractivity contribution in [1.82, 2.24) is 10.2 Å². The second-order valence-corrected chi connectivity index (χ2v) is 4.50. The zero-order valence-electron chi connectivity index (χ0n) is 9.08. The molecule has 2 N–H and O–H groups in total. The summed E-state index contributed by atoms with van der Waals surface area (Å²) in [5.41, 5.74) is 3.32. The first-order valence-corrected chi connectivity index (χ1v) is 5.38. The number of carboxylic acids is 1. The minimum atomic E-state index is -0.684. The molecular formula is C11H16N2O2. The predicted octanol–water partition coefficient (Wildman–Crippen LogP) is 1.72. The highest BCUT2D eigenvalue weighted by Gasteiger charge is 2.28. The van der Waals surface area contributed by atoms with Crippen molar-refractivity contribution >= 4 is 5.97 Å². The number of hydrogen-bond donors (Lipinski definition) is 2. The summed E-state index contributed by atoms with van der Waals surface area (Å²) < 4.78 is 0. The van der Waals surface area contributed by atoms with Gasteiger partial charge in [0.15, 0.2) is 0 Å². The lowest BCUT2D eigenvalue weighted by Gasteiger charge is -2.19. The number of carbonyl (C=O) groups is 1. The Bertz CT molecular complexity index is 382. The Hall–Kier alpha value is -1.32. The Balaban J connectivity index is 2.30. The van der Waals surface area contributed by atoms with Crippen LogP contribution in [0.3, 0.4) is 0 Å². The summed E-state index contributed by atoms with van der Waals surface area (Å²) in [7, 11) is 0. The molecule has 0 amide bonds. The van der Waals surface area contributed by atoms with E-state index in [1.807, 2.05) is 0 Å². The van der Waals surface area contributed by atoms with Crippen molar-refractivity contribution in [2.45, 2.75) is 39.0 Å². The lowest BCUT2D eigenvalue weighted by Crippen LogP contribution is -2.22. The number of aromatic amines is 1. The topological polar surface area (TPSA) is 66.0 Å². The average molecular weight is 208 g/mol. The van der Waals surface area contributed by atoms with E-state index >= 15 is 0 Å². The van der Waals surface area contributed by atoms with E-state index in [0.29, 0.717) is 12.3 Å². The SMILES string of the molecule is CC(C)c1n[nH]c2c1C[C@@H](C(=O)O)CC2. The molecule has 2 rings (SSSR count). The summed E-state index contributed by atoms with van der Waals surface area (Å²) in [6, 6.07) is 0. The van der Waals surface area contributed by atoms with Gasteiger partial charge >= 0.3 is 5.97 Å². The molecule has 1 aromatic heterocycles. The molecule has 82 valence electrons. The fraction of sp³-hybridized carbons (Fsp3) is 0.636. The molecule has 0 aromatic carbocycles. The quantitative estimate of drug-likeness (QED) is 0.777. The second-order valence-electron chi connectivity index (χ2n) is 4.50. The molecule has 0 radical (unpaired) electrons. The van der Waals surface area contributed by atoms with Gasteiger partial charge in [-0.05, 0) is 30.7 Å². The van der Waals surface area contributed by atoms with E-state index in [9.17, 15) is 4.79 Å². The Labute approximate surface area is 88.7 Å². The third kappa shape index (κ3) is 1.76. The Kier molecular flexibility index (Phi) is 2.50. The van der Waals surface area contributed by atoms with Crippen molar-refractivity contribution in [1.29, 1.82) is 0 Å². The van der Waals surface area contributed by atoms with E-state index in [2.05, 4.69) is 24.0 Å². The van der Waals surface area contributed by atoms with Gasteiger partial charge in [-0.3, -0.25) is 9.89 Å². The fourth-order valence-electron chi connectivity index (χ4n) is 2.21. The molecule has 4 heteroatoms. The second kappa shape index (κ2) is 3.68. The van der Waals surface area contributed by atoms with Gasteiger partial charge in [-0.1, -0.05) is 13.8 Å². The van der Waals surface area contributed by atoms with Gasteiger partial charge in [0.25, 0.3) is 0 Å². The Morgan fingerprint density at radius 2 is 2.33 bits per heavy atom. The summed E-state index contributed by atoms with van der Waals surface area (Å²) >= 11 is 0. The molecule has 4 nitrogen and oxygen atoms in total. The summed E-state index contributed by atoms with van der Waals surface area (Å²) in [4.78, 5) is 10.9. The van der Waals surface area contributed by atoms with Crippen LogP contribution in [0.4, 0.5) is 0 Å². The van der Waals surface area contributed by atoms with Crippen LogP contribution in [0, 0.1) is 5.92 Å². The zero-order chi connectivity index (χ0) is 11.0. The van der Waals surface area contributed by atoms with Gasteiger partial charge in [0.2, 0.25) is 0 Å². The highest BCUT2D eigenvalue weighted by atomic mass is 16.4. The number of aryl methyl sites for hydroxylation is 1. The highest BCUT2D eigenvalue weighted by Crippen LogP contribution is 2.29. The largest absolute Gasteiger partial charge is 0.481 e. The maximum Gasteiger partial charge on any atom is 0.306 e. The van der Waals surface area contributed by atoms with Crippen molar-refractivity contribution < 1.29 is 9.90 Å². The smallest absolute Gasteiger partial charge is 0.306 e. The molecular weight excluding hydrogens is 192 g/mol. The van der Waals surface area contributed by atoms with Gasteiger partial charge in [0.1, 0.15) is 0 Å². The zero-order valence-corrected chi connectivity index (χ0v) is 9.08.